The van der Waals surface area contributed by atoms with E-state index in [4.69, 9.17) is 4.74 Å². The first kappa shape index (κ1) is 22.9. The van der Waals surface area contributed by atoms with Crippen molar-refractivity contribution in [2.45, 2.75) is 0 Å². The van der Waals surface area contributed by atoms with Gasteiger partial charge in [0.25, 0.3) is 11.6 Å². The Morgan fingerprint density at radius 1 is 0.882 bits per heavy atom. The number of carbonyl (C=O) groups is 2. The van der Waals surface area contributed by atoms with Gasteiger partial charge in [-0.1, -0.05) is 12.1 Å². The van der Waals surface area contributed by atoms with Gasteiger partial charge in [-0.3, -0.25) is 19.7 Å². The standard InChI is InChI=1S/C25H22FN3O5/c26-20-9-5-18(6-10-20)25(31)19-7-11-21(12-8-19)34-17-24(30)28-15-13-27(14-16-28)22-3-1-2-4-23(22)29(32)33/h1-12H,13-17H2. The molecule has 3 aromatic rings. The van der Waals surface area contributed by atoms with Crippen LogP contribution in [-0.2, 0) is 4.79 Å². The fraction of sp³-hybridized carbons (Fsp3) is 0.200. The number of ketones is 1. The lowest BCUT2D eigenvalue weighted by Gasteiger charge is -2.35. The fourth-order valence-corrected chi connectivity index (χ4v) is 3.79. The van der Waals surface area contributed by atoms with Gasteiger partial charge in [0.2, 0.25) is 0 Å². The molecule has 0 saturated carbocycles. The maximum atomic E-state index is 13.0. The molecule has 0 bridgehead atoms. The van der Waals surface area contributed by atoms with Crippen LogP contribution in [0.1, 0.15) is 15.9 Å². The number of anilines is 1. The van der Waals surface area contributed by atoms with Crippen molar-refractivity contribution >= 4 is 23.1 Å². The normalized spacial score (nSPS) is 13.4. The molecule has 0 atom stereocenters. The second-order valence-corrected chi connectivity index (χ2v) is 7.76. The Hall–Kier alpha value is -4.27. The van der Waals surface area contributed by atoms with Crippen molar-refractivity contribution in [3.05, 3.63) is 99.9 Å². The zero-order valence-corrected chi connectivity index (χ0v) is 18.2. The number of carbonyl (C=O) groups excluding carboxylic acids is 2. The second kappa shape index (κ2) is 10.1. The van der Waals surface area contributed by atoms with Crippen LogP contribution in [0.5, 0.6) is 5.75 Å². The number of para-hydroxylation sites is 2. The molecule has 4 rings (SSSR count). The van der Waals surface area contributed by atoms with Crippen molar-refractivity contribution < 1.29 is 23.6 Å². The Morgan fingerprint density at radius 2 is 1.47 bits per heavy atom. The molecule has 0 N–H and O–H groups in total. The van der Waals surface area contributed by atoms with E-state index in [1.807, 2.05) is 4.90 Å². The predicted octanol–water partition coefficient (Wildman–Crippen LogP) is 3.69. The molecule has 1 aliphatic rings. The summed E-state index contributed by atoms with van der Waals surface area (Å²) in [5.74, 6) is -0.386. The summed E-state index contributed by atoms with van der Waals surface area (Å²) in [5, 5.41) is 11.3. The number of nitro benzene ring substituents is 1. The zero-order chi connectivity index (χ0) is 24.1. The van der Waals surface area contributed by atoms with Gasteiger partial charge in [0, 0.05) is 43.4 Å². The number of hydrogen-bond donors (Lipinski definition) is 0. The summed E-state index contributed by atoms with van der Waals surface area (Å²) in [6.07, 6.45) is 0. The number of nitrogens with zero attached hydrogens (tertiary/aromatic N) is 3. The lowest BCUT2D eigenvalue weighted by Crippen LogP contribution is -2.50. The molecule has 1 saturated heterocycles. The summed E-state index contributed by atoms with van der Waals surface area (Å²) in [6, 6.07) is 18.3. The number of nitro groups is 1. The number of ether oxygens (including phenoxy) is 1. The lowest BCUT2D eigenvalue weighted by atomic mass is 10.0. The fourth-order valence-electron chi connectivity index (χ4n) is 3.79. The summed E-state index contributed by atoms with van der Waals surface area (Å²) in [4.78, 5) is 39.5. The van der Waals surface area contributed by atoms with E-state index in [-0.39, 0.29) is 24.0 Å². The van der Waals surface area contributed by atoms with Gasteiger partial charge in [-0.2, -0.15) is 0 Å². The largest absolute Gasteiger partial charge is 0.484 e. The van der Waals surface area contributed by atoms with Gasteiger partial charge in [-0.25, -0.2) is 4.39 Å². The summed E-state index contributed by atoms with van der Waals surface area (Å²) < 4.78 is 18.6. The van der Waals surface area contributed by atoms with Crippen molar-refractivity contribution in [1.82, 2.24) is 4.90 Å². The molecule has 0 aromatic heterocycles. The van der Waals surface area contributed by atoms with Crippen LogP contribution in [0.4, 0.5) is 15.8 Å². The highest BCUT2D eigenvalue weighted by Gasteiger charge is 2.25. The van der Waals surface area contributed by atoms with Gasteiger partial charge in [0.1, 0.15) is 17.3 Å². The summed E-state index contributed by atoms with van der Waals surface area (Å²) in [7, 11) is 0. The average molecular weight is 463 g/mol. The third-order valence-corrected chi connectivity index (χ3v) is 5.64. The van der Waals surface area contributed by atoms with E-state index in [0.717, 1.165) is 0 Å². The Kier molecular flexibility index (Phi) is 6.82. The number of rotatable bonds is 7. The van der Waals surface area contributed by atoms with Crippen molar-refractivity contribution in [2.75, 3.05) is 37.7 Å². The quantitative estimate of drug-likeness (QED) is 0.301. The molecule has 1 fully saturated rings. The van der Waals surface area contributed by atoms with Crippen molar-refractivity contribution in [3.8, 4) is 5.75 Å². The molecule has 0 radical (unpaired) electrons. The maximum absolute atomic E-state index is 13.0. The first-order valence-electron chi connectivity index (χ1n) is 10.7. The summed E-state index contributed by atoms with van der Waals surface area (Å²) >= 11 is 0. The SMILES string of the molecule is O=C(c1ccc(F)cc1)c1ccc(OCC(=O)N2CCN(c3ccccc3[N+](=O)[O-])CC2)cc1. The second-order valence-electron chi connectivity index (χ2n) is 7.76. The molecule has 9 heteroatoms. The Balaban J connectivity index is 1.29. The molecular weight excluding hydrogens is 441 g/mol. The third-order valence-electron chi connectivity index (χ3n) is 5.64. The average Bonchev–Trinajstić information content (AvgIpc) is 2.87. The highest BCUT2D eigenvalue weighted by molar-refractivity contribution is 6.09. The molecular formula is C25H22FN3O5. The molecule has 174 valence electrons. The molecule has 34 heavy (non-hydrogen) atoms. The Labute approximate surface area is 195 Å². The van der Waals surface area contributed by atoms with Gasteiger partial charge in [0.15, 0.2) is 12.4 Å². The number of halogens is 1. The highest BCUT2D eigenvalue weighted by Crippen LogP contribution is 2.28. The van der Waals surface area contributed by atoms with E-state index in [1.54, 1.807) is 47.4 Å². The van der Waals surface area contributed by atoms with Crippen LogP contribution in [-0.4, -0.2) is 54.3 Å². The molecule has 0 spiro atoms. The van der Waals surface area contributed by atoms with E-state index in [9.17, 15) is 24.1 Å². The minimum atomic E-state index is -0.409. The molecule has 1 aliphatic heterocycles. The van der Waals surface area contributed by atoms with E-state index in [1.165, 1.54) is 30.3 Å². The van der Waals surface area contributed by atoms with Crippen LogP contribution in [0.2, 0.25) is 0 Å². The van der Waals surface area contributed by atoms with Crippen molar-refractivity contribution in [1.29, 1.82) is 0 Å². The van der Waals surface area contributed by atoms with Crippen LogP contribution in [0.15, 0.2) is 72.8 Å². The van der Waals surface area contributed by atoms with Gasteiger partial charge in [-0.15, -0.1) is 0 Å². The number of hydrogen-bond acceptors (Lipinski definition) is 6. The minimum Gasteiger partial charge on any atom is -0.484 e. The predicted molar refractivity (Wildman–Crippen MR) is 124 cm³/mol. The molecule has 0 unspecified atom stereocenters. The van der Waals surface area contributed by atoms with Crippen LogP contribution < -0.4 is 9.64 Å². The summed E-state index contributed by atoms with van der Waals surface area (Å²) in [5.41, 5.74) is 1.40. The molecule has 3 aromatic carbocycles. The Bertz CT molecular complexity index is 1190. The molecule has 8 nitrogen and oxygen atoms in total. The minimum absolute atomic E-state index is 0.0481. The van der Waals surface area contributed by atoms with Gasteiger partial charge in [0.05, 0.1) is 4.92 Å². The van der Waals surface area contributed by atoms with Crippen LogP contribution in [0.3, 0.4) is 0 Å². The van der Waals surface area contributed by atoms with E-state index < -0.39 is 10.7 Å². The number of benzene rings is 3. The van der Waals surface area contributed by atoms with E-state index in [2.05, 4.69) is 0 Å². The van der Waals surface area contributed by atoms with E-state index >= 15 is 0 Å². The van der Waals surface area contributed by atoms with Crippen molar-refractivity contribution in [2.24, 2.45) is 0 Å². The van der Waals surface area contributed by atoms with Crippen LogP contribution in [0.25, 0.3) is 0 Å². The first-order chi connectivity index (χ1) is 16.4. The van der Waals surface area contributed by atoms with Crippen LogP contribution in [0, 0.1) is 15.9 Å². The Morgan fingerprint density at radius 3 is 2.09 bits per heavy atom. The van der Waals surface area contributed by atoms with E-state index in [0.29, 0.717) is 48.7 Å². The van der Waals surface area contributed by atoms with Crippen LogP contribution >= 0.6 is 0 Å². The number of amides is 1. The highest BCUT2D eigenvalue weighted by atomic mass is 19.1. The molecule has 1 amide bonds. The van der Waals surface area contributed by atoms with Gasteiger partial charge < -0.3 is 14.5 Å². The number of piperazine rings is 1. The lowest BCUT2D eigenvalue weighted by molar-refractivity contribution is -0.384. The smallest absolute Gasteiger partial charge is 0.292 e. The third kappa shape index (κ3) is 5.20. The first-order valence-corrected chi connectivity index (χ1v) is 10.7. The zero-order valence-electron chi connectivity index (χ0n) is 18.2. The monoisotopic (exact) mass is 463 g/mol. The van der Waals surface area contributed by atoms with Gasteiger partial charge in [-0.05, 0) is 54.6 Å². The maximum Gasteiger partial charge on any atom is 0.292 e. The van der Waals surface area contributed by atoms with Crippen molar-refractivity contribution in [3.63, 3.8) is 0 Å². The molecule has 1 heterocycles. The topological polar surface area (TPSA) is 93.0 Å². The summed E-state index contributed by atoms with van der Waals surface area (Å²) in [6.45, 7) is 1.67. The molecule has 0 aliphatic carbocycles. The van der Waals surface area contributed by atoms with Gasteiger partial charge >= 0.3 is 0 Å².